The minimum absolute atomic E-state index is 0.646. The van der Waals surface area contributed by atoms with Crippen molar-refractivity contribution in [2.75, 3.05) is 24.5 Å². The lowest BCUT2D eigenvalue weighted by atomic mass is 10.1. The van der Waals surface area contributed by atoms with Crippen molar-refractivity contribution >= 4 is 11.4 Å². The van der Waals surface area contributed by atoms with Crippen LogP contribution in [0.25, 0.3) is 5.57 Å². The Kier molecular flexibility index (Phi) is 3.57. The summed E-state index contributed by atoms with van der Waals surface area (Å²) in [4.78, 5) is 6.83. The summed E-state index contributed by atoms with van der Waals surface area (Å²) in [7, 11) is 0. The fourth-order valence-corrected chi connectivity index (χ4v) is 2.16. The quantitative estimate of drug-likeness (QED) is 0.839. The van der Waals surface area contributed by atoms with E-state index in [0.717, 1.165) is 36.5 Å². The third-order valence-electron chi connectivity index (χ3n) is 3.02. The van der Waals surface area contributed by atoms with Gasteiger partial charge in [0, 0.05) is 24.8 Å². The van der Waals surface area contributed by atoms with E-state index in [1.807, 2.05) is 12.3 Å². The first-order valence-electron chi connectivity index (χ1n) is 5.91. The van der Waals surface area contributed by atoms with Gasteiger partial charge in [-0.15, -0.1) is 0 Å². The molecule has 0 spiro atoms. The molecule has 0 aliphatic carbocycles. The third kappa shape index (κ3) is 2.25. The van der Waals surface area contributed by atoms with Gasteiger partial charge in [0.05, 0.1) is 0 Å². The third-order valence-corrected chi connectivity index (χ3v) is 3.02. The molecule has 2 N–H and O–H groups in total. The molecule has 86 valence electrons. The lowest BCUT2D eigenvalue weighted by Gasteiger charge is -2.20. The zero-order chi connectivity index (χ0) is 11.4. The van der Waals surface area contributed by atoms with Crippen molar-refractivity contribution in [1.29, 1.82) is 0 Å². The second kappa shape index (κ2) is 5.12. The number of anilines is 1. The first-order chi connectivity index (χ1) is 7.83. The van der Waals surface area contributed by atoms with Gasteiger partial charge in [-0.1, -0.05) is 6.58 Å². The van der Waals surface area contributed by atoms with Crippen LogP contribution in [0.5, 0.6) is 0 Å². The molecule has 0 bridgehead atoms. The van der Waals surface area contributed by atoms with Crippen LogP contribution in [-0.2, 0) is 0 Å². The highest BCUT2D eigenvalue weighted by Crippen LogP contribution is 2.27. The summed E-state index contributed by atoms with van der Waals surface area (Å²) >= 11 is 0. The smallest absolute Gasteiger partial charge is 0.136 e. The Bertz CT molecular complexity index is 367. The highest BCUT2D eigenvalue weighted by atomic mass is 15.2. The van der Waals surface area contributed by atoms with Crippen LogP contribution in [-0.4, -0.2) is 24.6 Å². The van der Waals surface area contributed by atoms with Crippen molar-refractivity contribution in [3.8, 4) is 0 Å². The maximum atomic E-state index is 5.58. The van der Waals surface area contributed by atoms with E-state index in [1.165, 1.54) is 12.8 Å². The van der Waals surface area contributed by atoms with E-state index < -0.39 is 0 Å². The van der Waals surface area contributed by atoms with Gasteiger partial charge in [0.25, 0.3) is 0 Å². The van der Waals surface area contributed by atoms with Crippen molar-refractivity contribution < 1.29 is 0 Å². The van der Waals surface area contributed by atoms with Crippen LogP contribution in [0.4, 0.5) is 5.82 Å². The molecular weight excluding hydrogens is 198 g/mol. The van der Waals surface area contributed by atoms with Crippen LogP contribution in [0.1, 0.15) is 24.8 Å². The average molecular weight is 217 g/mol. The van der Waals surface area contributed by atoms with E-state index in [9.17, 15) is 0 Å². The molecule has 1 aliphatic heterocycles. The Labute approximate surface area is 97.0 Å². The molecule has 1 aromatic heterocycles. The highest BCUT2D eigenvalue weighted by Gasteiger charge is 2.17. The molecule has 0 amide bonds. The zero-order valence-corrected chi connectivity index (χ0v) is 9.65. The Morgan fingerprint density at radius 1 is 1.44 bits per heavy atom. The van der Waals surface area contributed by atoms with Gasteiger partial charge in [0.15, 0.2) is 0 Å². The molecule has 3 heteroatoms. The lowest BCUT2D eigenvalue weighted by Crippen LogP contribution is -2.20. The van der Waals surface area contributed by atoms with E-state index in [4.69, 9.17) is 5.73 Å². The Hall–Kier alpha value is -1.35. The molecule has 3 nitrogen and oxygen atoms in total. The van der Waals surface area contributed by atoms with Gasteiger partial charge in [-0.3, -0.25) is 0 Å². The highest BCUT2D eigenvalue weighted by molar-refractivity contribution is 5.73. The van der Waals surface area contributed by atoms with Crippen LogP contribution in [0, 0.1) is 0 Å². The van der Waals surface area contributed by atoms with Crippen LogP contribution >= 0.6 is 0 Å². The first-order valence-corrected chi connectivity index (χ1v) is 5.91. The van der Waals surface area contributed by atoms with Gasteiger partial charge in [-0.2, -0.15) is 0 Å². The molecule has 1 aromatic rings. The summed E-state index contributed by atoms with van der Waals surface area (Å²) in [5.41, 5.74) is 7.83. The summed E-state index contributed by atoms with van der Waals surface area (Å²) < 4.78 is 0. The van der Waals surface area contributed by atoms with Gasteiger partial charge in [-0.25, -0.2) is 4.98 Å². The van der Waals surface area contributed by atoms with Crippen LogP contribution in [0.2, 0.25) is 0 Å². The lowest BCUT2D eigenvalue weighted by molar-refractivity contribution is 0.929. The maximum absolute atomic E-state index is 5.58. The standard InChI is InChI=1S/C13H19N3/c1-11(6-7-14)12-5-4-8-15-13(12)16-9-2-3-10-16/h4-5,8H,1-3,6-7,9-10,14H2. The van der Waals surface area contributed by atoms with Crippen molar-refractivity contribution in [2.24, 2.45) is 5.73 Å². The van der Waals surface area contributed by atoms with E-state index >= 15 is 0 Å². The van der Waals surface area contributed by atoms with Crippen LogP contribution in [0.3, 0.4) is 0 Å². The normalized spacial score (nSPS) is 15.4. The van der Waals surface area contributed by atoms with E-state index in [0.29, 0.717) is 6.54 Å². The Balaban J connectivity index is 2.26. The molecule has 0 saturated carbocycles. The molecular formula is C13H19N3. The van der Waals surface area contributed by atoms with E-state index in [1.54, 1.807) is 0 Å². The first kappa shape index (κ1) is 11.1. The average Bonchev–Trinajstić information content (AvgIpc) is 2.83. The summed E-state index contributed by atoms with van der Waals surface area (Å²) in [6.07, 6.45) is 5.22. The van der Waals surface area contributed by atoms with Gasteiger partial charge in [-0.05, 0) is 43.5 Å². The van der Waals surface area contributed by atoms with Crippen molar-refractivity contribution in [3.05, 3.63) is 30.5 Å². The predicted molar refractivity (Wildman–Crippen MR) is 68.4 cm³/mol. The van der Waals surface area contributed by atoms with Gasteiger partial charge < -0.3 is 10.6 Å². The van der Waals surface area contributed by atoms with E-state index in [-0.39, 0.29) is 0 Å². The molecule has 2 rings (SSSR count). The summed E-state index contributed by atoms with van der Waals surface area (Å²) in [6, 6.07) is 4.06. The molecule has 0 unspecified atom stereocenters. The minimum atomic E-state index is 0.646. The monoisotopic (exact) mass is 217 g/mol. The number of hydrogen-bond donors (Lipinski definition) is 1. The van der Waals surface area contributed by atoms with Gasteiger partial charge in [0.1, 0.15) is 5.82 Å². The summed E-state index contributed by atoms with van der Waals surface area (Å²) in [5, 5.41) is 0. The molecule has 1 aliphatic rings. The molecule has 1 fully saturated rings. The van der Waals surface area contributed by atoms with Gasteiger partial charge in [0.2, 0.25) is 0 Å². The second-order valence-electron chi connectivity index (χ2n) is 4.21. The SMILES string of the molecule is C=C(CCN)c1cccnc1N1CCCC1. The fraction of sp³-hybridized carbons (Fsp3) is 0.462. The zero-order valence-electron chi connectivity index (χ0n) is 9.65. The number of pyridine rings is 1. The number of nitrogens with zero attached hydrogens (tertiary/aromatic N) is 2. The number of aromatic nitrogens is 1. The van der Waals surface area contributed by atoms with Crippen molar-refractivity contribution in [2.45, 2.75) is 19.3 Å². The topological polar surface area (TPSA) is 42.1 Å². The Morgan fingerprint density at radius 3 is 2.88 bits per heavy atom. The molecule has 0 radical (unpaired) electrons. The van der Waals surface area contributed by atoms with Crippen molar-refractivity contribution in [1.82, 2.24) is 4.98 Å². The molecule has 1 saturated heterocycles. The predicted octanol–water partition coefficient (Wildman–Crippen LogP) is 2.04. The molecule has 16 heavy (non-hydrogen) atoms. The summed E-state index contributed by atoms with van der Waals surface area (Å²) in [6.45, 7) is 6.97. The summed E-state index contributed by atoms with van der Waals surface area (Å²) in [5.74, 6) is 1.08. The Morgan fingerprint density at radius 2 is 2.19 bits per heavy atom. The minimum Gasteiger partial charge on any atom is -0.356 e. The molecule has 0 aromatic carbocycles. The second-order valence-corrected chi connectivity index (χ2v) is 4.21. The molecule has 2 heterocycles. The number of rotatable bonds is 4. The molecule has 0 atom stereocenters. The number of nitrogens with two attached hydrogens (primary N) is 1. The van der Waals surface area contributed by atoms with Gasteiger partial charge >= 0.3 is 0 Å². The van der Waals surface area contributed by atoms with Crippen LogP contribution < -0.4 is 10.6 Å². The fourth-order valence-electron chi connectivity index (χ4n) is 2.16. The number of hydrogen-bond acceptors (Lipinski definition) is 3. The maximum Gasteiger partial charge on any atom is 0.136 e. The van der Waals surface area contributed by atoms with Crippen molar-refractivity contribution in [3.63, 3.8) is 0 Å². The van der Waals surface area contributed by atoms with E-state index in [2.05, 4.69) is 22.5 Å². The van der Waals surface area contributed by atoms with Crippen LogP contribution in [0.15, 0.2) is 24.9 Å². The largest absolute Gasteiger partial charge is 0.356 e.